The molecule has 0 spiro atoms. The molecule has 0 N–H and O–H groups in total. The molecule has 1 aromatic carbocycles. The highest BCUT2D eigenvalue weighted by atomic mass is 79.9. The maximum Gasteiger partial charge on any atom is 0.0888 e. The summed E-state index contributed by atoms with van der Waals surface area (Å²) in [4.78, 5) is 0. The minimum absolute atomic E-state index is 0.347. The van der Waals surface area contributed by atoms with E-state index in [0.29, 0.717) is 4.08 Å². The second-order valence-electron chi connectivity index (χ2n) is 5.56. The minimum atomic E-state index is 0.347. The molecule has 2 fully saturated rings. The SMILES string of the molecule is Brc1ccc(C2(C3CCCCC3)SCCCS2)cc1. The number of hydrogen-bond donors (Lipinski definition) is 0. The molecule has 0 unspecified atom stereocenters. The Hall–Kier alpha value is 0.400. The van der Waals surface area contributed by atoms with E-state index in [1.165, 1.54) is 54.5 Å². The molecule has 0 radical (unpaired) electrons. The van der Waals surface area contributed by atoms with Gasteiger partial charge in [0.15, 0.2) is 0 Å². The van der Waals surface area contributed by atoms with E-state index >= 15 is 0 Å². The first-order valence-corrected chi connectivity index (χ1v) is 10.1. The Morgan fingerprint density at radius 2 is 1.53 bits per heavy atom. The van der Waals surface area contributed by atoms with Crippen LogP contribution in [0.25, 0.3) is 0 Å². The van der Waals surface area contributed by atoms with E-state index < -0.39 is 0 Å². The lowest BCUT2D eigenvalue weighted by Gasteiger charge is -2.44. The Morgan fingerprint density at radius 1 is 0.895 bits per heavy atom. The van der Waals surface area contributed by atoms with Crippen LogP contribution in [-0.4, -0.2) is 11.5 Å². The van der Waals surface area contributed by atoms with Gasteiger partial charge in [-0.1, -0.05) is 47.3 Å². The van der Waals surface area contributed by atoms with Gasteiger partial charge in [-0.15, -0.1) is 23.5 Å². The third-order valence-corrected chi connectivity index (χ3v) is 8.53. The quantitative estimate of drug-likeness (QED) is 0.632. The zero-order valence-corrected chi connectivity index (χ0v) is 14.5. The van der Waals surface area contributed by atoms with Gasteiger partial charge in [0.05, 0.1) is 4.08 Å². The van der Waals surface area contributed by atoms with Crippen LogP contribution in [0.1, 0.15) is 44.1 Å². The first-order valence-electron chi connectivity index (χ1n) is 7.35. The highest BCUT2D eigenvalue weighted by molar-refractivity contribution is 9.10. The van der Waals surface area contributed by atoms with Gasteiger partial charge in [0.2, 0.25) is 0 Å². The molecule has 1 saturated carbocycles. The van der Waals surface area contributed by atoms with Crippen molar-refractivity contribution in [1.82, 2.24) is 0 Å². The van der Waals surface area contributed by atoms with Crippen LogP contribution < -0.4 is 0 Å². The zero-order chi connectivity index (χ0) is 13.1. The Labute approximate surface area is 133 Å². The lowest BCUT2D eigenvalue weighted by atomic mass is 9.84. The van der Waals surface area contributed by atoms with Crippen molar-refractivity contribution in [2.75, 3.05) is 11.5 Å². The second-order valence-corrected chi connectivity index (χ2v) is 9.42. The van der Waals surface area contributed by atoms with Crippen LogP contribution in [0.5, 0.6) is 0 Å². The summed E-state index contributed by atoms with van der Waals surface area (Å²) in [5.41, 5.74) is 1.55. The predicted octanol–water partition coefficient (Wildman–Crippen LogP) is 6.05. The lowest BCUT2D eigenvalue weighted by Crippen LogP contribution is -2.33. The first kappa shape index (κ1) is 14.3. The van der Waals surface area contributed by atoms with Crippen molar-refractivity contribution in [2.24, 2.45) is 5.92 Å². The molecule has 0 nitrogen and oxygen atoms in total. The Kier molecular flexibility index (Phi) is 4.86. The van der Waals surface area contributed by atoms with Crippen molar-refractivity contribution in [3.05, 3.63) is 34.3 Å². The molecule has 1 heterocycles. The molecule has 0 amide bonds. The van der Waals surface area contributed by atoms with Crippen molar-refractivity contribution < 1.29 is 0 Å². The van der Waals surface area contributed by atoms with Crippen LogP contribution in [0, 0.1) is 5.92 Å². The maximum absolute atomic E-state index is 3.57. The highest BCUT2D eigenvalue weighted by Crippen LogP contribution is 2.58. The summed E-state index contributed by atoms with van der Waals surface area (Å²) in [7, 11) is 0. The average Bonchev–Trinajstić information content (AvgIpc) is 2.49. The standard InChI is InChI=1S/C16H21BrS2/c17-15-9-7-14(8-10-15)16(18-11-4-12-19-16)13-5-2-1-3-6-13/h7-10,13H,1-6,11-12H2. The van der Waals surface area contributed by atoms with Gasteiger partial charge in [0, 0.05) is 4.47 Å². The first-order chi connectivity index (χ1) is 9.31. The van der Waals surface area contributed by atoms with E-state index in [2.05, 4.69) is 63.7 Å². The molecule has 1 aliphatic heterocycles. The number of benzene rings is 1. The summed E-state index contributed by atoms with van der Waals surface area (Å²) in [5, 5.41) is 0. The van der Waals surface area contributed by atoms with Crippen molar-refractivity contribution in [2.45, 2.75) is 42.6 Å². The second kappa shape index (κ2) is 6.44. The fraction of sp³-hybridized carbons (Fsp3) is 0.625. The maximum atomic E-state index is 3.57. The summed E-state index contributed by atoms with van der Waals surface area (Å²) in [6.45, 7) is 0. The van der Waals surface area contributed by atoms with Gasteiger partial charge in [-0.2, -0.15) is 0 Å². The topological polar surface area (TPSA) is 0 Å². The molecule has 3 rings (SSSR count). The van der Waals surface area contributed by atoms with Gasteiger partial charge in [-0.3, -0.25) is 0 Å². The normalized spacial score (nSPS) is 24.3. The minimum Gasteiger partial charge on any atom is -0.139 e. The fourth-order valence-electron chi connectivity index (χ4n) is 3.35. The molecule has 0 aromatic heterocycles. The van der Waals surface area contributed by atoms with E-state index in [9.17, 15) is 0 Å². The molecule has 1 aromatic rings. The largest absolute Gasteiger partial charge is 0.139 e. The van der Waals surface area contributed by atoms with Crippen LogP contribution in [0.4, 0.5) is 0 Å². The average molecular weight is 357 g/mol. The predicted molar refractivity (Wildman–Crippen MR) is 91.9 cm³/mol. The fourth-order valence-corrected chi connectivity index (χ4v) is 7.36. The van der Waals surface area contributed by atoms with E-state index in [-0.39, 0.29) is 0 Å². The van der Waals surface area contributed by atoms with Crippen LogP contribution in [0.2, 0.25) is 0 Å². The van der Waals surface area contributed by atoms with Gasteiger partial charge in [0.1, 0.15) is 0 Å². The van der Waals surface area contributed by atoms with E-state index in [1.54, 1.807) is 5.56 Å². The molecular weight excluding hydrogens is 336 g/mol. The summed E-state index contributed by atoms with van der Waals surface area (Å²) in [5.74, 6) is 3.54. The summed E-state index contributed by atoms with van der Waals surface area (Å²) in [6.07, 6.45) is 8.54. The Bertz CT molecular complexity index is 403. The van der Waals surface area contributed by atoms with Crippen LogP contribution in [0.3, 0.4) is 0 Å². The summed E-state index contributed by atoms with van der Waals surface area (Å²) >= 11 is 8.02. The monoisotopic (exact) mass is 356 g/mol. The molecule has 1 saturated heterocycles. The van der Waals surface area contributed by atoms with E-state index in [4.69, 9.17) is 0 Å². The third kappa shape index (κ3) is 3.03. The highest BCUT2D eigenvalue weighted by Gasteiger charge is 2.43. The van der Waals surface area contributed by atoms with Crippen LogP contribution in [0.15, 0.2) is 28.7 Å². The zero-order valence-electron chi connectivity index (χ0n) is 11.2. The third-order valence-electron chi connectivity index (χ3n) is 4.31. The van der Waals surface area contributed by atoms with Gasteiger partial charge in [-0.05, 0) is 54.4 Å². The molecule has 104 valence electrons. The smallest absolute Gasteiger partial charge is 0.0888 e. The Morgan fingerprint density at radius 3 is 2.16 bits per heavy atom. The molecule has 0 atom stereocenters. The van der Waals surface area contributed by atoms with Crippen LogP contribution in [-0.2, 0) is 4.08 Å². The van der Waals surface area contributed by atoms with Gasteiger partial charge >= 0.3 is 0 Å². The van der Waals surface area contributed by atoms with Crippen molar-refractivity contribution >= 4 is 39.5 Å². The van der Waals surface area contributed by atoms with Crippen molar-refractivity contribution in [3.63, 3.8) is 0 Å². The molecule has 1 aliphatic carbocycles. The van der Waals surface area contributed by atoms with Gasteiger partial charge in [0.25, 0.3) is 0 Å². The number of thioether (sulfide) groups is 2. The van der Waals surface area contributed by atoms with Crippen molar-refractivity contribution in [3.8, 4) is 0 Å². The summed E-state index contributed by atoms with van der Waals surface area (Å²) < 4.78 is 1.54. The lowest BCUT2D eigenvalue weighted by molar-refractivity contribution is 0.335. The Balaban J connectivity index is 1.93. The van der Waals surface area contributed by atoms with Crippen LogP contribution >= 0.6 is 39.5 Å². The molecule has 2 aliphatic rings. The van der Waals surface area contributed by atoms with E-state index in [0.717, 1.165) is 5.92 Å². The van der Waals surface area contributed by atoms with Gasteiger partial charge < -0.3 is 0 Å². The molecule has 0 bridgehead atoms. The number of halogens is 1. The number of hydrogen-bond acceptors (Lipinski definition) is 2. The summed E-state index contributed by atoms with van der Waals surface area (Å²) in [6, 6.07) is 9.14. The molecule has 3 heteroatoms. The van der Waals surface area contributed by atoms with E-state index in [1.807, 2.05) is 0 Å². The van der Waals surface area contributed by atoms with Crippen molar-refractivity contribution in [1.29, 1.82) is 0 Å². The molecule has 19 heavy (non-hydrogen) atoms. The molecular formula is C16H21BrS2. The number of rotatable bonds is 2. The van der Waals surface area contributed by atoms with Gasteiger partial charge in [-0.25, -0.2) is 0 Å².